The van der Waals surface area contributed by atoms with E-state index in [4.69, 9.17) is 5.11 Å². The highest BCUT2D eigenvalue weighted by Gasteiger charge is 2.10. The largest absolute Gasteiger partial charge is 0.477 e. The summed E-state index contributed by atoms with van der Waals surface area (Å²) in [5.41, 5.74) is 1.04. The summed E-state index contributed by atoms with van der Waals surface area (Å²) in [5, 5.41) is 16.1. The SMILES string of the molecule is CC(Nc1cccc(C(=O)O)n1)c1cnn(C)c1. The summed E-state index contributed by atoms with van der Waals surface area (Å²) in [4.78, 5) is 14.8. The van der Waals surface area contributed by atoms with E-state index >= 15 is 0 Å². The molecule has 0 aromatic carbocycles. The van der Waals surface area contributed by atoms with Crippen molar-refractivity contribution in [1.29, 1.82) is 0 Å². The minimum absolute atomic E-state index is 0.00949. The van der Waals surface area contributed by atoms with Crippen LogP contribution in [0, 0.1) is 0 Å². The Morgan fingerprint density at radius 3 is 2.89 bits per heavy atom. The van der Waals surface area contributed by atoms with Gasteiger partial charge in [-0.15, -0.1) is 0 Å². The number of rotatable bonds is 4. The monoisotopic (exact) mass is 246 g/mol. The Morgan fingerprint density at radius 1 is 1.50 bits per heavy atom. The Hall–Kier alpha value is -2.37. The van der Waals surface area contributed by atoms with Crippen molar-refractivity contribution >= 4 is 11.8 Å². The van der Waals surface area contributed by atoms with E-state index in [0.717, 1.165) is 5.56 Å². The summed E-state index contributed by atoms with van der Waals surface area (Å²) in [5.74, 6) is -0.501. The highest BCUT2D eigenvalue weighted by molar-refractivity contribution is 5.85. The minimum atomic E-state index is -1.03. The summed E-state index contributed by atoms with van der Waals surface area (Å²) in [6.07, 6.45) is 3.66. The second kappa shape index (κ2) is 4.87. The first kappa shape index (κ1) is 12.1. The lowest BCUT2D eigenvalue weighted by molar-refractivity contribution is 0.0690. The first-order valence-electron chi connectivity index (χ1n) is 5.51. The van der Waals surface area contributed by atoms with Crippen LogP contribution in [-0.2, 0) is 7.05 Å². The predicted octanol–water partition coefficient (Wildman–Crippen LogP) is 1.69. The molecule has 6 heteroatoms. The highest BCUT2D eigenvalue weighted by atomic mass is 16.4. The van der Waals surface area contributed by atoms with Crippen LogP contribution in [0.25, 0.3) is 0 Å². The first-order valence-corrected chi connectivity index (χ1v) is 5.51. The molecular weight excluding hydrogens is 232 g/mol. The van der Waals surface area contributed by atoms with Crippen LogP contribution < -0.4 is 5.32 Å². The normalized spacial score (nSPS) is 12.1. The van der Waals surface area contributed by atoms with E-state index < -0.39 is 5.97 Å². The van der Waals surface area contributed by atoms with Gasteiger partial charge in [0.2, 0.25) is 0 Å². The van der Waals surface area contributed by atoms with Crippen LogP contribution in [0.4, 0.5) is 5.82 Å². The van der Waals surface area contributed by atoms with Gasteiger partial charge in [-0.3, -0.25) is 4.68 Å². The van der Waals surface area contributed by atoms with E-state index in [0.29, 0.717) is 5.82 Å². The molecule has 94 valence electrons. The van der Waals surface area contributed by atoms with Gasteiger partial charge in [0.05, 0.1) is 12.2 Å². The average Bonchev–Trinajstić information content (AvgIpc) is 2.76. The van der Waals surface area contributed by atoms with Crippen LogP contribution in [0.1, 0.15) is 29.0 Å². The van der Waals surface area contributed by atoms with Crippen LogP contribution in [0.3, 0.4) is 0 Å². The number of nitrogens with zero attached hydrogens (tertiary/aromatic N) is 3. The molecule has 0 aliphatic rings. The van der Waals surface area contributed by atoms with Crippen molar-refractivity contribution < 1.29 is 9.90 Å². The third-order valence-corrected chi connectivity index (χ3v) is 2.56. The van der Waals surface area contributed by atoms with Gasteiger partial charge in [0.25, 0.3) is 0 Å². The van der Waals surface area contributed by atoms with Crippen molar-refractivity contribution in [3.63, 3.8) is 0 Å². The van der Waals surface area contributed by atoms with Gasteiger partial charge >= 0.3 is 5.97 Å². The fourth-order valence-corrected chi connectivity index (χ4v) is 1.60. The van der Waals surface area contributed by atoms with Gasteiger partial charge in [0, 0.05) is 18.8 Å². The van der Waals surface area contributed by atoms with Crippen LogP contribution in [0.15, 0.2) is 30.6 Å². The molecule has 0 aliphatic heterocycles. The molecule has 0 radical (unpaired) electrons. The number of hydrogen-bond donors (Lipinski definition) is 2. The lowest BCUT2D eigenvalue weighted by atomic mass is 10.2. The Bertz CT molecular complexity index is 565. The summed E-state index contributed by atoms with van der Waals surface area (Å²) in [7, 11) is 1.85. The van der Waals surface area contributed by atoms with Crippen molar-refractivity contribution in [2.24, 2.45) is 7.05 Å². The highest BCUT2D eigenvalue weighted by Crippen LogP contribution is 2.17. The zero-order chi connectivity index (χ0) is 13.1. The molecule has 2 rings (SSSR count). The minimum Gasteiger partial charge on any atom is -0.477 e. The molecule has 2 aromatic heterocycles. The van der Waals surface area contributed by atoms with Crippen molar-refractivity contribution in [1.82, 2.24) is 14.8 Å². The lowest BCUT2D eigenvalue weighted by Crippen LogP contribution is -2.09. The predicted molar refractivity (Wildman–Crippen MR) is 66.4 cm³/mol. The number of carboxylic acids is 1. The van der Waals surface area contributed by atoms with E-state index in [1.54, 1.807) is 23.0 Å². The zero-order valence-electron chi connectivity index (χ0n) is 10.2. The Kier molecular flexibility index (Phi) is 3.27. The molecular formula is C12H14N4O2. The van der Waals surface area contributed by atoms with Gasteiger partial charge < -0.3 is 10.4 Å². The fraction of sp³-hybridized carbons (Fsp3) is 0.250. The quantitative estimate of drug-likeness (QED) is 0.858. The fourth-order valence-electron chi connectivity index (χ4n) is 1.60. The molecule has 0 saturated carbocycles. The number of aromatic nitrogens is 3. The number of aromatic carboxylic acids is 1. The third-order valence-electron chi connectivity index (χ3n) is 2.56. The molecule has 0 saturated heterocycles. The van der Waals surface area contributed by atoms with E-state index in [9.17, 15) is 4.79 Å². The molecule has 0 amide bonds. The van der Waals surface area contributed by atoms with E-state index in [1.165, 1.54) is 6.07 Å². The molecule has 0 spiro atoms. The summed E-state index contributed by atoms with van der Waals surface area (Å²) >= 11 is 0. The molecule has 2 N–H and O–H groups in total. The standard InChI is InChI=1S/C12H14N4O2/c1-8(9-6-13-16(2)7-9)14-11-5-3-4-10(15-11)12(17)18/h3-8H,1-2H3,(H,14,15)(H,17,18). The smallest absolute Gasteiger partial charge is 0.354 e. The maximum absolute atomic E-state index is 10.8. The number of nitrogens with one attached hydrogen (secondary N) is 1. The summed E-state index contributed by atoms with van der Waals surface area (Å²) < 4.78 is 1.72. The van der Waals surface area contributed by atoms with Crippen LogP contribution in [0.5, 0.6) is 0 Å². The van der Waals surface area contributed by atoms with Gasteiger partial charge in [-0.2, -0.15) is 5.10 Å². The van der Waals surface area contributed by atoms with Gasteiger partial charge in [-0.05, 0) is 19.1 Å². The number of carboxylic acid groups (broad SMARTS) is 1. The second-order valence-electron chi connectivity index (χ2n) is 4.03. The van der Waals surface area contributed by atoms with Gasteiger partial charge in [-0.25, -0.2) is 9.78 Å². The van der Waals surface area contributed by atoms with Crippen LogP contribution in [0.2, 0.25) is 0 Å². The molecule has 6 nitrogen and oxygen atoms in total. The Balaban J connectivity index is 2.14. The van der Waals surface area contributed by atoms with Gasteiger partial charge in [-0.1, -0.05) is 6.07 Å². The molecule has 2 aromatic rings. The van der Waals surface area contributed by atoms with Gasteiger partial charge in [0.15, 0.2) is 5.69 Å². The van der Waals surface area contributed by atoms with Crippen molar-refractivity contribution in [2.45, 2.75) is 13.0 Å². The van der Waals surface area contributed by atoms with Crippen molar-refractivity contribution in [3.05, 3.63) is 41.9 Å². The Morgan fingerprint density at radius 2 is 2.28 bits per heavy atom. The Labute approximate surface area is 104 Å². The average molecular weight is 246 g/mol. The van der Waals surface area contributed by atoms with Crippen molar-refractivity contribution in [2.75, 3.05) is 5.32 Å². The molecule has 2 heterocycles. The number of anilines is 1. The summed E-state index contributed by atoms with van der Waals surface area (Å²) in [6.45, 7) is 1.96. The molecule has 1 unspecified atom stereocenters. The molecule has 0 fully saturated rings. The van der Waals surface area contributed by atoms with E-state index in [1.807, 2.05) is 20.2 Å². The maximum atomic E-state index is 10.8. The van der Waals surface area contributed by atoms with Crippen LogP contribution >= 0.6 is 0 Å². The lowest BCUT2D eigenvalue weighted by Gasteiger charge is -2.12. The maximum Gasteiger partial charge on any atom is 0.354 e. The molecule has 0 aliphatic carbocycles. The third kappa shape index (κ3) is 2.65. The molecule has 18 heavy (non-hydrogen) atoms. The number of pyridine rings is 1. The number of hydrogen-bond acceptors (Lipinski definition) is 4. The summed E-state index contributed by atoms with van der Waals surface area (Å²) in [6, 6.07) is 4.87. The molecule has 0 bridgehead atoms. The van der Waals surface area contributed by atoms with E-state index in [-0.39, 0.29) is 11.7 Å². The van der Waals surface area contributed by atoms with Gasteiger partial charge in [0.1, 0.15) is 5.82 Å². The van der Waals surface area contributed by atoms with Crippen LogP contribution in [-0.4, -0.2) is 25.8 Å². The van der Waals surface area contributed by atoms with E-state index in [2.05, 4.69) is 15.4 Å². The zero-order valence-corrected chi connectivity index (χ0v) is 10.2. The number of aryl methyl sites for hydroxylation is 1. The topological polar surface area (TPSA) is 80.0 Å². The second-order valence-corrected chi connectivity index (χ2v) is 4.03. The number of carbonyl (C=O) groups is 1. The first-order chi connectivity index (χ1) is 8.56. The van der Waals surface area contributed by atoms with Crippen molar-refractivity contribution in [3.8, 4) is 0 Å². The molecule has 1 atom stereocenters.